The number of likely N-dealkylation sites (tertiary alicyclic amines) is 1. The summed E-state index contributed by atoms with van der Waals surface area (Å²) in [4.78, 5) is 14.8. The van der Waals surface area contributed by atoms with Gasteiger partial charge in [0.05, 0.1) is 0 Å². The van der Waals surface area contributed by atoms with Gasteiger partial charge in [-0.05, 0) is 41.5 Å². The Labute approximate surface area is 163 Å². The van der Waals surface area contributed by atoms with E-state index in [4.69, 9.17) is 0 Å². The van der Waals surface area contributed by atoms with Crippen LogP contribution in [0.1, 0.15) is 44.7 Å². The second kappa shape index (κ2) is 8.57. The molecular weight excluding hydrogens is 334 g/mol. The maximum atomic E-state index is 12.3. The van der Waals surface area contributed by atoms with Gasteiger partial charge in [-0.2, -0.15) is 0 Å². The molecule has 1 aliphatic rings. The number of urea groups is 1. The monoisotopic (exact) mass is 365 g/mol. The van der Waals surface area contributed by atoms with Crippen molar-refractivity contribution in [2.24, 2.45) is 0 Å². The first-order valence-electron chi connectivity index (χ1n) is 9.84. The SMILES string of the molecule is CC(C)(C)c1ccc(NC(=O)NC2CCN(Cc3ccccc3)CC2)cc1. The van der Waals surface area contributed by atoms with Crippen molar-refractivity contribution in [1.29, 1.82) is 0 Å². The molecule has 0 unspecified atom stereocenters. The van der Waals surface area contributed by atoms with Crippen molar-refractivity contribution >= 4 is 11.7 Å². The van der Waals surface area contributed by atoms with E-state index in [1.54, 1.807) is 0 Å². The topological polar surface area (TPSA) is 44.4 Å². The van der Waals surface area contributed by atoms with Crippen LogP contribution < -0.4 is 10.6 Å². The van der Waals surface area contributed by atoms with Gasteiger partial charge in [-0.25, -0.2) is 4.79 Å². The lowest BCUT2D eigenvalue weighted by Gasteiger charge is -2.32. The molecule has 0 radical (unpaired) electrons. The number of carbonyl (C=O) groups excluding carboxylic acids is 1. The largest absolute Gasteiger partial charge is 0.335 e. The first-order chi connectivity index (χ1) is 12.9. The van der Waals surface area contributed by atoms with E-state index in [-0.39, 0.29) is 17.5 Å². The molecule has 0 spiro atoms. The average molecular weight is 366 g/mol. The molecule has 0 aliphatic carbocycles. The van der Waals surface area contributed by atoms with E-state index in [1.807, 2.05) is 12.1 Å². The lowest BCUT2D eigenvalue weighted by atomic mass is 9.87. The molecule has 0 aromatic heterocycles. The molecule has 2 N–H and O–H groups in total. The number of piperidine rings is 1. The van der Waals surface area contributed by atoms with Gasteiger partial charge in [-0.1, -0.05) is 63.2 Å². The Morgan fingerprint density at radius 1 is 1.00 bits per heavy atom. The number of hydrogen-bond donors (Lipinski definition) is 2. The molecule has 1 heterocycles. The van der Waals surface area contributed by atoms with E-state index < -0.39 is 0 Å². The first kappa shape index (κ1) is 19.4. The van der Waals surface area contributed by atoms with Crippen LogP contribution in [0.5, 0.6) is 0 Å². The van der Waals surface area contributed by atoms with Crippen molar-refractivity contribution < 1.29 is 4.79 Å². The highest BCUT2D eigenvalue weighted by Gasteiger charge is 2.21. The minimum atomic E-state index is -0.111. The van der Waals surface area contributed by atoms with E-state index in [2.05, 4.69) is 78.8 Å². The molecule has 27 heavy (non-hydrogen) atoms. The summed E-state index contributed by atoms with van der Waals surface area (Å²) < 4.78 is 0. The Balaban J connectivity index is 1.43. The van der Waals surface area contributed by atoms with Crippen LogP contribution in [-0.4, -0.2) is 30.1 Å². The lowest BCUT2D eigenvalue weighted by molar-refractivity contribution is 0.190. The Kier molecular flexibility index (Phi) is 6.17. The number of carbonyl (C=O) groups is 1. The summed E-state index contributed by atoms with van der Waals surface area (Å²) in [6, 6.07) is 18.8. The van der Waals surface area contributed by atoms with Gasteiger partial charge < -0.3 is 10.6 Å². The van der Waals surface area contributed by atoms with Gasteiger partial charge in [0.25, 0.3) is 0 Å². The second-order valence-electron chi connectivity index (χ2n) is 8.46. The fraction of sp³-hybridized carbons (Fsp3) is 0.435. The Hall–Kier alpha value is -2.33. The number of rotatable bonds is 4. The van der Waals surface area contributed by atoms with Crippen LogP contribution in [0.4, 0.5) is 10.5 Å². The standard InChI is InChI=1S/C23H31N3O/c1-23(2,3)19-9-11-20(12-10-19)24-22(27)25-21-13-15-26(16-14-21)17-18-7-5-4-6-8-18/h4-12,21H,13-17H2,1-3H3,(H2,24,25,27). The van der Waals surface area contributed by atoms with Crippen LogP contribution in [0.3, 0.4) is 0 Å². The smallest absolute Gasteiger partial charge is 0.319 e. The van der Waals surface area contributed by atoms with E-state index >= 15 is 0 Å². The van der Waals surface area contributed by atoms with Crippen LogP contribution in [0, 0.1) is 0 Å². The van der Waals surface area contributed by atoms with Crippen molar-refractivity contribution in [3.8, 4) is 0 Å². The fourth-order valence-corrected chi connectivity index (χ4v) is 3.48. The van der Waals surface area contributed by atoms with Gasteiger partial charge >= 0.3 is 6.03 Å². The molecule has 0 atom stereocenters. The van der Waals surface area contributed by atoms with Gasteiger partial charge in [0, 0.05) is 31.4 Å². The molecule has 0 saturated carbocycles. The molecule has 1 fully saturated rings. The van der Waals surface area contributed by atoms with Gasteiger partial charge in [0.15, 0.2) is 0 Å². The van der Waals surface area contributed by atoms with Crippen molar-refractivity contribution in [3.05, 3.63) is 65.7 Å². The molecule has 2 aromatic rings. The predicted octanol–water partition coefficient (Wildman–Crippen LogP) is 4.77. The third kappa shape index (κ3) is 5.83. The Morgan fingerprint density at radius 3 is 2.22 bits per heavy atom. The summed E-state index contributed by atoms with van der Waals surface area (Å²) in [7, 11) is 0. The maximum Gasteiger partial charge on any atom is 0.319 e. The number of benzene rings is 2. The summed E-state index contributed by atoms with van der Waals surface area (Å²) in [5.74, 6) is 0. The zero-order valence-corrected chi connectivity index (χ0v) is 16.7. The van der Waals surface area contributed by atoms with Crippen LogP contribution in [0.2, 0.25) is 0 Å². The molecule has 2 amide bonds. The molecule has 2 aromatic carbocycles. The van der Waals surface area contributed by atoms with Crippen molar-refractivity contribution in [2.45, 2.75) is 51.6 Å². The first-order valence-corrected chi connectivity index (χ1v) is 9.84. The third-order valence-electron chi connectivity index (χ3n) is 5.18. The quantitative estimate of drug-likeness (QED) is 0.820. The maximum absolute atomic E-state index is 12.3. The summed E-state index contributed by atoms with van der Waals surface area (Å²) >= 11 is 0. The zero-order chi connectivity index (χ0) is 19.3. The summed E-state index contributed by atoms with van der Waals surface area (Å²) in [6.45, 7) is 9.57. The highest BCUT2D eigenvalue weighted by atomic mass is 16.2. The minimum Gasteiger partial charge on any atom is -0.335 e. The summed E-state index contributed by atoms with van der Waals surface area (Å²) in [5.41, 5.74) is 3.57. The van der Waals surface area contributed by atoms with E-state index in [9.17, 15) is 4.79 Å². The highest BCUT2D eigenvalue weighted by Crippen LogP contribution is 2.23. The molecule has 144 valence electrons. The fourth-order valence-electron chi connectivity index (χ4n) is 3.48. The minimum absolute atomic E-state index is 0.111. The van der Waals surface area contributed by atoms with Gasteiger partial charge in [0.1, 0.15) is 0 Å². The predicted molar refractivity (Wildman–Crippen MR) is 112 cm³/mol. The normalized spacial score (nSPS) is 16.1. The van der Waals surface area contributed by atoms with Crippen molar-refractivity contribution in [2.75, 3.05) is 18.4 Å². The van der Waals surface area contributed by atoms with Crippen molar-refractivity contribution in [3.63, 3.8) is 0 Å². The van der Waals surface area contributed by atoms with Crippen molar-refractivity contribution in [1.82, 2.24) is 10.2 Å². The van der Waals surface area contributed by atoms with Crippen LogP contribution in [0.25, 0.3) is 0 Å². The summed E-state index contributed by atoms with van der Waals surface area (Å²) in [6.07, 6.45) is 1.98. The lowest BCUT2D eigenvalue weighted by Crippen LogP contribution is -2.45. The molecule has 0 bridgehead atoms. The Morgan fingerprint density at radius 2 is 1.63 bits per heavy atom. The molecule has 1 aliphatic heterocycles. The molecule has 4 heteroatoms. The van der Waals surface area contributed by atoms with E-state index in [1.165, 1.54) is 11.1 Å². The van der Waals surface area contributed by atoms with Gasteiger partial charge in [0.2, 0.25) is 0 Å². The van der Waals surface area contributed by atoms with Crippen LogP contribution in [0.15, 0.2) is 54.6 Å². The number of nitrogens with one attached hydrogen (secondary N) is 2. The molecule has 1 saturated heterocycles. The molecular formula is C23H31N3O. The van der Waals surface area contributed by atoms with Gasteiger partial charge in [-0.15, -0.1) is 0 Å². The van der Waals surface area contributed by atoms with Crippen LogP contribution >= 0.6 is 0 Å². The number of nitrogens with zero attached hydrogens (tertiary/aromatic N) is 1. The van der Waals surface area contributed by atoms with E-state index in [0.717, 1.165) is 38.2 Å². The zero-order valence-electron chi connectivity index (χ0n) is 16.7. The van der Waals surface area contributed by atoms with E-state index in [0.29, 0.717) is 0 Å². The highest BCUT2D eigenvalue weighted by molar-refractivity contribution is 5.89. The third-order valence-corrected chi connectivity index (χ3v) is 5.18. The number of hydrogen-bond acceptors (Lipinski definition) is 2. The van der Waals surface area contributed by atoms with Gasteiger partial charge in [-0.3, -0.25) is 4.90 Å². The number of amides is 2. The Bertz CT molecular complexity index is 726. The molecule has 4 nitrogen and oxygen atoms in total. The molecule has 3 rings (SSSR count). The average Bonchev–Trinajstić information content (AvgIpc) is 2.64. The summed E-state index contributed by atoms with van der Waals surface area (Å²) in [5, 5.41) is 6.08. The number of anilines is 1. The van der Waals surface area contributed by atoms with Crippen LogP contribution in [-0.2, 0) is 12.0 Å². The second-order valence-corrected chi connectivity index (χ2v) is 8.46.